The Morgan fingerprint density at radius 2 is 2.12 bits per heavy atom. The normalized spacial score (nSPS) is 11.7. The summed E-state index contributed by atoms with van der Waals surface area (Å²) in [6.07, 6.45) is 3.73. The van der Waals surface area contributed by atoms with Crippen LogP contribution in [0, 0.1) is 0 Å². The Morgan fingerprint density at radius 1 is 1.38 bits per heavy atom. The summed E-state index contributed by atoms with van der Waals surface area (Å²) in [7, 11) is 0. The van der Waals surface area contributed by atoms with Crippen LogP contribution in [0.4, 0.5) is 5.13 Å². The number of thiazole rings is 1. The van der Waals surface area contributed by atoms with Gasteiger partial charge < -0.3 is 10.3 Å². The van der Waals surface area contributed by atoms with E-state index in [1.165, 1.54) is 11.3 Å². The molecule has 0 aliphatic carbocycles. The lowest BCUT2D eigenvalue weighted by molar-refractivity contribution is 0.370. The molecule has 0 aliphatic heterocycles. The van der Waals surface area contributed by atoms with Gasteiger partial charge in [-0.3, -0.25) is 0 Å². The molecule has 0 fully saturated rings. The van der Waals surface area contributed by atoms with Crippen molar-refractivity contribution in [3.05, 3.63) is 28.6 Å². The van der Waals surface area contributed by atoms with E-state index in [1.54, 1.807) is 0 Å². The molecule has 2 aromatic rings. The van der Waals surface area contributed by atoms with E-state index in [1.807, 2.05) is 23.6 Å². The highest BCUT2D eigenvalue weighted by Gasteiger charge is 2.05. The molecule has 2 aromatic heterocycles. The molecule has 2 heterocycles. The maximum atomic E-state index is 5.53. The van der Waals surface area contributed by atoms with Gasteiger partial charge in [0.1, 0.15) is 11.5 Å². The molecule has 0 bridgehead atoms. The van der Waals surface area contributed by atoms with Gasteiger partial charge in [0.15, 0.2) is 5.13 Å². The molecule has 0 unspecified atom stereocenters. The van der Waals surface area contributed by atoms with Crippen LogP contribution in [0.3, 0.4) is 0 Å². The Hall–Kier alpha value is -1.62. The van der Waals surface area contributed by atoms with Gasteiger partial charge in [-0.05, 0) is 12.2 Å². The first kappa shape index (κ1) is 10.9. The van der Waals surface area contributed by atoms with E-state index >= 15 is 0 Å². The molecule has 0 radical (unpaired) electrons. The fraction of sp³-hybridized carbons (Fsp3) is 0.273. The average Bonchev–Trinajstić information content (AvgIpc) is 2.83. The summed E-state index contributed by atoms with van der Waals surface area (Å²) < 4.78 is 5.18. The molecule has 0 saturated carbocycles. The fourth-order valence-electron chi connectivity index (χ4n) is 1.20. The lowest BCUT2D eigenvalue weighted by Crippen LogP contribution is -1.81. The molecule has 0 aliphatic rings. The Balaban J connectivity index is 2.11. The second kappa shape index (κ2) is 4.49. The molecular weight excluding hydrogens is 222 g/mol. The number of rotatable bonds is 3. The largest absolute Gasteiger partial charge is 0.375 e. The quantitative estimate of drug-likeness (QED) is 0.888. The smallest absolute Gasteiger partial charge is 0.180 e. The minimum Gasteiger partial charge on any atom is -0.375 e. The molecule has 0 amide bonds. The van der Waals surface area contributed by atoms with Crippen molar-refractivity contribution in [1.82, 2.24) is 10.1 Å². The van der Waals surface area contributed by atoms with E-state index in [-0.39, 0.29) is 0 Å². The molecule has 0 atom stereocenters. The van der Waals surface area contributed by atoms with Crippen LogP contribution in [0.5, 0.6) is 0 Å². The molecule has 4 nitrogen and oxygen atoms in total. The van der Waals surface area contributed by atoms with Crippen LogP contribution in [0.25, 0.3) is 12.2 Å². The van der Waals surface area contributed by atoms with Crippen LogP contribution in [-0.2, 0) is 0 Å². The van der Waals surface area contributed by atoms with Gasteiger partial charge in [-0.2, -0.15) is 0 Å². The molecule has 84 valence electrons. The lowest BCUT2D eigenvalue weighted by atomic mass is 10.1. The Labute approximate surface area is 97.8 Å². The van der Waals surface area contributed by atoms with Crippen molar-refractivity contribution in [2.75, 3.05) is 5.73 Å². The molecule has 16 heavy (non-hydrogen) atoms. The summed E-state index contributed by atoms with van der Waals surface area (Å²) in [6.45, 7) is 4.13. The van der Waals surface area contributed by atoms with Crippen LogP contribution >= 0.6 is 11.3 Å². The molecule has 2 N–H and O–H groups in total. The topological polar surface area (TPSA) is 64.9 Å². The van der Waals surface area contributed by atoms with Crippen LogP contribution in [0.15, 0.2) is 16.0 Å². The zero-order valence-corrected chi connectivity index (χ0v) is 9.99. The second-order valence-electron chi connectivity index (χ2n) is 3.75. The van der Waals surface area contributed by atoms with Gasteiger partial charge in [-0.1, -0.05) is 19.0 Å². The number of aromatic nitrogens is 2. The van der Waals surface area contributed by atoms with Gasteiger partial charge in [-0.25, -0.2) is 4.98 Å². The molecular formula is C11H13N3OS. The predicted molar refractivity (Wildman–Crippen MR) is 66.0 cm³/mol. The van der Waals surface area contributed by atoms with Crippen molar-refractivity contribution < 1.29 is 4.52 Å². The molecule has 0 saturated heterocycles. The van der Waals surface area contributed by atoms with E-state index in [0.29, 0.717) is 11.0 Å². The van der Waals surface area contributed by atoms with Crippen molar-refractivity contribution in [3.8, 4) is 0 Å². The Kier molecular flexibility index (Phi) is 3.05. The average molecular weight is 235 g/mol. The second-order valence-corrected chi connectivity index (χ2v) is 4.64. The number of nitrogen functional groups attached to an aromatic ring is 1. The van der Waals surface area contributed by atoms with Crippen LogP contribution in [-0.4, -0.2) is 10.1 Å². The lowest BCUT2D eigenvalue weighted by Gasteiger charge is -1.93. The van der Waals surface area contributed by atoms with Gasteiger partial charge in [0.05, 0.1) is 5.69 Å². The number of anilines is 1. The first-order valence-electron chi connectivity index (χ1n) is 5.01. The van der Waals surface area contributed by atoms with E-state index in [2.05, 4.69) is 24.0 Å². The summed E-state index contributed by atoms with van der Waals surface area (Å²) >= 11 is 1.42. The maximum absolute atomic E-state index is 5.53. The van der Waals surface area contributed by atoms with Gasteiger partial charge in [0, 0.05) is 17.4 Å². The maximum Gasteiger partial charge on any atom is 0.180 e. The number of nitrogens with zero attached hydrogens (tertiary/aromatic N) is 2. The highest BCUT2D eigenvalue weighted by Crippen LogP contribution is 2.17. The van der Waals surface area contributed by atoms with Crippen LogP contribution in [0.2, 0.25) is 0 Å². The summed E-state index contributed by atoms with van der Waals surface area (Å²) in [5, 5.41) is 6.41. The fourth-order valence-corrected chi connectivity index (χ4v) is 1.73. The van der Waals surface area contributed by atoms with Gasteiger partial charge in [0.2, 0.25) is 0 Å². The summed E-state index contributed by atoms with van der Waals surface area (Å²) in [6, 6.07) is 1.93. The Morgan fingerprint density at radius 3 is 2.69 bits per heavy atom. The first-order valence-corrected chi connectivity index (χ1v) is 5.89. The minimum atomic E-state index is 0.351. The summed E-state index contributed by atoms with van der Waals surface area (Å²) in [5.74, 6) is 1.24. The van der Waals surface area contributed by atoms with E-state index in [4.69, 9.17) is 10.3 Å². The molecule has 0 spiro atoms. The SMILES string of the molecule is CC(C)c1cc(C=Cc2csc(N)n2)no1. The number of nitrogens with two attached hydrogens (primary N) is 1. The zero-order chi connectivity index (χ0) is 11.5. The van der Waals surface area contributed by atoms with Gasteiger partial charge in [-0.15, -0.1) is 11.3 Å². The molecule has 2 rings (SSSR count). The van der Waals surface area contributed by atoms with Crippen LogP contribution < -0.4 is 5.73 Å². The predicted octanol–water partition coefficient (Wildman–Crippen LogP) is 3.01. The summed E-state index contributed by atoms with van der Waals surface area (Å²) in [5.41, 5.74) is 7.18. The standard InChI is InChI=1S/C11H13N3OS/c1-7(2)10-5-8(14-15-10)3-4-9-6-16-11(12)13-9/h3-7H,1-2H3,(H2,12,13). The highest BCUT2D eigenvalue weighted by molar-refractivity contribution is 7.13. The minimum absolute atomic E-state index is 0.351. The van der Waals surface area contributed by atoms with Crippen molar-refractivity contribution in [2.24, 2.45) is 0 Å². The highest BCUT2D eigenvalue weighted by atomic mass is 32.1. The third-order valence-electron chi connectivity index (χ3n) is 2.08. The van der Waals surface area contributed by atoms with E-state index in [0.717, 1.165) is 17.1 Å². The third kappa shape index (κ3) is 2.49. The number of hydrogen-bond acceptors (Lipinski definition) is 5. The van der Waals surface area contributed by atoms with Gasteiger partial charge in [0.25, 0.3) is 0 Å². The van der Waals surface area contributed by atoms with Gasteiger partial charge >= 0.3 is 0 Å². The van der Waals surface area contributed by atoms with Crippen molar-refractivity contribution >= 4 is 28.6 Å². The Bertz CT molecular complexity index is 499. The third-order valence-corrected chi connectivity index (χ3v) is 2.77. The van der Waals surface area contributed by atoms with E-state index in [9.17, 15) is 0 Å². The zero-order valence-electron chi connectivity index (χ0n) is 9.18. The van der Waals surface area contributed by atoms with Crippen molar-refractivity contribution in [2.45, 2.75) is 19.8 Å². The van der Waals surface area contributed by atoms with Crippen molar-refractivity contribution in [1.29, 1.82) is 0 Å². The number of hydrogen-bond donors (Lipinski definition) is 1. The molecule has 5 heteroatoms. The van der Waals surface area contributed by atoms with E-state index < -0.39 is 0 Å². The summed E-state index contributed by atoms with van der Waals surface area (Å²) in [4.78, 5) is 4.12. The first-order chi connectivity index (χ1) is 7.65. The molecule has 0 aromatic carbocycles. The monoisotopic (exact) mass is 235 g/mol. The van der Waals surface area contributed by atoms with Crippen LogP contribution in [0.1, 0.15) is 36.9 Å². The van der Waals surface area contributed by atoms with Crippen molar-refractivity contribution in [3.63, 3.8) is 0 Å².